The lowest BCUT2D eigenvalue weighted by Crippen LogP contribution is -2.55. The van der Waals surface area contributed by atoms with Crippen molar-refractivity contribution < 1.29 is 29.0 Å². The minimum atomic E-state index is -0.946. The molecule has 4 aliphatic carbocycles. The van der Waals surface area contributed by atoms with Crippen molar-refractivity contribution in [3.8, 4) is 0 Å². The second-order valence-corrected chi connectivity index (χ2v) is 10.1. The first kappa shape index (κ1) is 19.4. The van der Waals surface area contributed by atoms with Gasteiger partial charge in [0.15, 0.2) is 17.9 Å². The van der Waals surface area contributed by atoms with Crippen molar-refractivity contribution in [3.05, 3.63) is 11.6 Å². The number of hydrogen-bond donors (Lipinski definition) is 1. The Bertz CT molecular complexity index is 801. The molecule has 8 atom stereocenters. The number of esters is 1. The molecule has 4 fully saturated rings. The highest BCUT2D eigenvalue weighted by Crippen LogP contribution is 2.71. The van der Waals surface area contributed by atoms with Gasteiger partial charge >= 0.3 is 5.97 Å². The lowest BCUT2D eigenvalue weighted by atomic mass is 9.46. The van der Waals surface area contributed by atoms with E-state index in [-0.39, 0.29) is 47.4 Å². The van der Waals surface area contributed by atoms with Crippen LogP contribution >= 0.6 is 0 Å². The second-order valence-electron chi connectivity index (χ2n) is 10.1. The van der Waals surface area contributed by atoms with Crippen LogP contribution in [0.3, 0.4) is 0 Å². The van der Waals surface area contributed by atoms with Crippen LogP contribution in [0.25, 0.3) is 0 Å². The normalized spacial score (nSPS) is 47.7. The Kier molecular flexibility index (Phi) is 4.34. The average molecular weight is 402 g/mol. The fourth-order valence-electron chi connectivity index (χ4n) is 7.96. The molecule has 3 saturated carbocycles. The molecule has 6 nitrogen and oxygen atoms in total. The van der Waals surface area contributed by atoms with Crippen molar-refractivity contribution in [1.82, 2.24) is 0 Å². The summed E-state index contributed by atoms with van der Waals surface area (Å²) < 4.78 is 11.2. The van der Waals surface area contributed by atoms with E-state index in [4.69, 9.17) is 9.47 Å². The summed E-state index contributed by atoms with van der Waals surface area (Å²) in [5.74, 6) is 0.289. The van der Waals surface area contributed by atoms with E-state index in [1.165, 1.54) is 12.5 Å². The van der Waals surface area contributed by atoms with Crippen LogP contribution in [-0.2, 0) is 23.9 Å². The summed E-state index contributed by atoms with van der Waals surface area (Å²) in [6, 6.07) is 0. The molecule has 1 N–H and O–H groups in total. The third-order valence-electron chi connectivity index (χ3n) is 9.05. The monoisotopic (exact) mass is 402 g/mol. The Labute approximate surface area is 171 Å². The van der Waals surface area contributed by atoms with Crippen molar-refractivity contribution in [2.75, 3.05) is 6.61 Å². The van der Waals surface area contributed by atoms with Gasteiger partial charge in [0, 0.05) is 24.7 Å². The fourth-order valence-corrected chi connectivity index (χ4v) is 7.96. The summed E-state index contributed by atoms with van der Waals surface area (Å²) in [6.07, 6.45) is 6.49. The minimum Gasteiger partial charge on any atom is -0.458 e. The van der Waals surface area contributed by atoms with Crippen LogP contribution in [0.15, 0.2) is 11.6 Å². The third-order valence-corrected chi connectivity index (χ3v) is 9.05. The summed E-state index contributed by atoms with van der Waals surface area (Å²) in [7, 11) is 0. The van der Waals surface area contributed by atoms with Crippen LogP contribution in [0.2, 0.25) is 0 Å². The Balaban J connectivity index is 1.48. The van der Waals surface area contributed by atoms with Gasteiger partial charge in [-0.05, 0) is 67.8 Å². The number of ketones is 2. The molecule has 29 heavy (non-hydrogen) atoms. The molecule has 0 amide bonds. The zero-order chi connectivity index (χ0) is 20.6. The highest BCUT2D eigenvalue weighted by atomic mass is 16.6. The first-order valence-corrected chi connectivity index (χ1v) is 11.0. The van der Waals surface area contributed by atoms with E-state index in [1.807, 2.05) is 6.08 Å². The standard InChI is InChI=1S/C23H30O6/c1-12(24)28-11-18(26)17-6-5-16-15-4-3-13-9-14(25)7-8-22(13,2)20(15)19-10-23(16,17)21(27)29-19/h9,15-17,19-21,27H,3-8,10-11H2,1-2H3/t15-,16-,17-,19-,20+,21+,22-,23+/m0/s1. The zero-order valence-electron chi connectivity index (χ0n) is 17.2. The van der Waals surface area contributed by atoms with Gasteiger partial charge in [0.25, 0.3) is 0 Å². The molecule has 1 saturated heterocycles. The van der Waals surface area contributed by atoms with Crippen LogP contribution < -0.4 is 0 Å². The SMILES string of the molecule is CC(=O)OCC(=O)[C@@H]1CC[C@H]2[C@@H]3CCC4=CC(=O)CC[C@]4(C)[C@H]3[C@@H]3C[C@]12[C@H](O)O3. The maximum Gasteiger partial charge on any atom is 0.303 e. The largest absolute Gasteiger partial charge is 0.458 e. The number of Topliss-reactive ketones (excluding diaryl/α,β-unsaturated/α-hetero) is 1. The van der Waals surface area contributed by atoms with E-state index >= 15 is 0 Å². The molecule has 0 radical (unpaired) electrons. The number of allylic oxidation sites excluding steroid dienone is 1. The average Bonchev–Trinajstić information content (AvgIpc) is 3.19. The molecule has 1 heterocycles. The van der Waals surface area contributed by atoms with Crippen LogP contribution in [0.5, 0.6) is 0 Å². The van der Waals surface area contributed by atoms with Crippen molar-refractivity contribution in [3.63, 3.8) is 0 Å². The number of carbonyl (C=O) groups is 3. The van der Waals surface area contributed by atoms with E-state index in [0.29, 0.717) is 18.8 Å². The first-order chi connectivity index (χ1) is 13.8. The molecule has 5 rings (SSSR count). The molecule has 0 aromatic rings. The molecule has 0 unspecified atom stereocenters. The zero-order valence-corrected chi connectivity index (χ0v) is 17.2. The molecule has 0 aromatic heterocycles. The Morgan fingerprint density at radius 3 is 2.83 bits per heavy atom. The molecular formula is C23H30O6. The lowest BCUT2D eigenvalue weighted by Gasteiger charge is -2.57. The first-order valence-electron chi connectivity index (χ1n) is 11.0. The topological polar surface area (TPSA) is 89.9 Å². The Morgan fingerprint density at radius 1 is 1.28 bits per heavy atom. The predicted octanol–water partition coefficient (Wildman–Crippen LogP) is 2.57. The van der Waals surface area contributed by atoms with Crippen molar-refractivity contribution in [2.45, 2.75) is 71.2 Å². The smallest absolute Gasteiger partial charge is 0.303 e. The highest BCUT2D eigenvalue weighted by molar-refractivity contribution is 5.91. The van der Waals surface area contributed by atoms with Gasteiger partial charge in [-0.25, -0.2) is 0 Å². The van der Waals surface area contributed by atoms with E-state index in [2.05, 4.69) is 6.92 Å². The number of aliphatic hydroxyl groups excluding tert-OH is 1. The summed E-state index contributed by atoms with van der Waals surface area (Å²) >= 11 is 0. The lowest BCUT2D eigenvalue weighted by molar-refractivity contribution is -0.163. The maximum atomic E-state index is 12.9. The quantitative estimate of drug-likeness (QED) is 0.730. The Morgan fingerprint density at radius 2 is 2.07 bits per heavy atom. The predicted molar refractivity (Wildman–Crippen MR) is 102 cm³/mol. The van der Waals surface area contributed by atoms with Gasteiger partial charge < -0.3 is 14.6 Å². The third kappa shape index (κ3) is 2.57. The van der Waals surface area contributed by atoms with E-state index in [1.54, 1.807) is 0 Å². The number of rotatable bonds is 3. The molecule has 1 spiro atoms. The van der Waals surface area contributed by atoms with Gasteiger partial charge in [-0.2, -0.15) is 0 Å². The van der Waals surface area contributed by atoms with Gasteiger partial charge in [0.2, 0.25) is 0 Å². The maximum absolute atomic E-state index is 12.9. The summed E-state index contributed by atoms with van der Waals surface area (Å²) in [5, 5.41) is 11.1. The molecule has 0 aromatic carbocycles. The van der Waals surface area contributed by atoms with Gasteiger partial charge in [0.05, 0.1) is 6.10 Å². The number of hydrogen-bond acceptors (Lipinski definition) is 6. The second kappa shape index (κ2) is 6.48. The van der Waals surface area contributed by atoms with Gasteiger partial charge in [-0.3, -0.25) is 14.4 Å². The van der Waals surface area contributed by atoms with E-state index in [9.17, 15) is 19.5 Å². The van der Waals surface area contributed by atoms with Gasteiger partial charge in [-0.1, -0.05) is 12.5 Å². The molecule has 2 bridgehead atoms. The van der Waals surface area contributed by atoms with Crippen LogP contribution in [0, 0.1) is 34.5 Å². The Hall–Kier alpha value is -1.53. The number of carbonyl (C=O) groups excluding carboxylic acids is 3. The highest BCUT2D eigenvalue weighted by Gasteiger charge is 2.71. The number of aliphatic hydroxyl groups is 1. The van der Waals surface area contributed by atoms with E-state index < -0.39 is 17.7 Å². The minimum absolute atomic E-state index is 0.0580. The van der Waals surface area contributed by atoms with Gasteiger partial charge in [0.1, 0.15) is 6.61 Å². The fraction of sp³-hybridized carbons (Fsp3) is 0.783. The summed E-state index contributed by atoms with van der Waals surface area (Å²) in [6.45, 7) is 3.37. The molecular weight excluding hydrogens is 372 g/mol. The number of ether oxygens (including phenoxy) is 2. The van der Waals surface area contributed by atoms with Crippen LogP contribution in [-0.4, -0.2) is 41.6 Å². The summed E-state index contributed by atoms with van der Waals surface area (Å²) in [4.78, 5) is 36.1. The van der Waals surface area contributed by atoms with Crippen molar-refractivity contribution in [2.24, 2.45) is 34.5 Å². The van der Waals surface area contributed by atoms with Gasteiger partial charge in [-0.15, -0.1) is 0 Å². The van der Waals surface area contributed by atoms with Crippen LogP contribution in [0.4, 0.5) is 0 Å². The summed E-state index contributed by atoms with van der Waals surface area (Å²) in [5.41, 5.74) is 0.649. The molecule has 5 aliphatic rings. The molecule has 1 aliphatic heterocycles. The van der Waals surface area contributed by atoms with Crippen LogP contribution in [0.1, 0.15) is 58.8 Å². The van der Waals surface area contributed by atoms with Crippen molar-refractivity contribution in [1.29, 1.82) is 0 Å². The molecule has 6 heteroatoms. The van der Waals surface area contributed by atoms with E-state index in [0.717, 1.165) is 32.1 Å². The number of fused-ring (bicyclic) bond motifs is 6. The molecule has 158 valence electrons. The van der Waals surface area contributed by atoms with Crippen molar-refractivity contribution >= 4 is 17.5 Å².